The van der Waals surface area contributed by atoms with Gasteiger partial charge in [-0.15, -0.1) is 11.3 Å². The average molecular weight is 571 g/mol. The molecule has 1 atom stereocenters. The molecule has 4 aromatic carbocycles. The first-order valence-corrected chi connectivity index (χ1v) is 16.9. The molecule has 2 aliphatic rings. The number of para-hydroxylation sites is 1. The first kappa shape index (κ1) is 27.4. The Morgan fingerprint density at radius 1 is 0.738 bits per heavy atom. The van der Waals surface area contributed by atoms with Crippen molar-refractivity contribution in [2.24, 2.45) is 0 Å². The van der Waals surface area contributed by atoms with Gasteiger partial charge in [-0.3, -0.25) is 0 Å². The van der Waals surface area contributed by atoms with Crippen molar-refractivity contribution in [3.05, 3.63) is 117 Å². The van der Waals surface area contributed by atoms with Crippen LogP contribution in [0.2, 0.25) is 0 Å². The lowest BCUT2D eigenvalue weighted by molar-refractivity contribution is 0.699. The van der Waals surface area contributed by atoms with Gasteiger partial charge < -0.3 is 5.32 Å². The van der Waals surface area contributed by atoms with Gasteiger partial charge in [-0.1, -0.05) is 104 Å². The monoisotopic (exact) mass is 570 g/mol. The van der Waals surface area contributed by atoms with Crippen molar-refractivity contribution < 1.29 is 0 Å². The summed E-state index contributed by atoms with van der Waals surface area (Å²) in [4.78, 5) is 5.42. The molecule has 0 amide bonds. The quantitative estimate of drug-likeness (QED) is 0.210. The van der Waals surface area contributed by atoms with E-state index < -0.39 is 0 Å². The summed E-state index contributed by atoms with van der Waals surface area (Å²) >= 11 is 1.80. The zero-order valence-electron chi connectivity index (χ0n) is 25.2. The van der Waals surface area contributed by atoms with Gasteiger partial charge >= 0.3 is 0 Å². The van der Waals surface area contributed by atoms with E-state index in [1.54, 1.807) is 11.3 Å². The first-order chi connectivity index (χ1) is 20.6. The number of anilines is 1. The van der Waals surface area contributed by atoms with Gasteiger partial charge in [-0.2, -0.15) is 0 Å². The fraction of sp³-hybridized carbons (Fsp3) is 0.359. The Morgan fingerprint density at radius 3 is 2.00 bits per heavy atom. The number of thiazole rings is 1. The minimum Gasteiger partial charge on any atom is -0.372 e. The number of fused-ring (bicyclic) bond motifs is 1. The van der Waals surface area contributed by atoms with Crippen molar-refractivity contribution >= 4 is 27.8 Å². The standard InChI is InChI=1S/C39H42N2S/c1-25-22-26(2)36(27(3)23-25)38(39-40-35(24-42-39)34-21-10-17-28-12-8-9-18-31(28)34)41-37-32(29-13-4-5-14-29)19-11-20-33(37)30-15-6-7-16-30/h8-12,17-24,29-30,38,41H,4-7,13-16H2,1-3H3. The van der Waals surface area contributed by atoms with E-state index in [-0.39, 0.29) is 6.04 Å². The number of hydrogen-bond acceptors (Lipinski definition) is 3. The van der Waals surface area contributed by atoms with Crippen molar-refractivity contribution in [2.75, 3.05) is 5.32 Å². The largest absolute Gasteiger partial charge is 0.372 e. The Balaban J connectivity index is 1.38. The molecule has 3 heteroatoms. The predicted octanol–water partition coefficient (Wildman–Crippen LogP) is 11.4. The minimum atomic E-state index is 0.00188. The van der Waals surface area contributed by atoms with Crippen molar-refractivity contribution in [1.29, 1.82) is 0 Å². The van der Waals surface area contributed by atoms with Crippen molar-refractivity contribution in [3.63, 3.8) is 0 Å². The Kier molecular flexibility index (Phi) is 7.63. The Labute approximate surface area is 255 Å². The van der Waals surface area contributed by atoms with Gasteiger partial charge in [0.25, 0.3) is 0 Å². The molecule has 42 heavy (non-hydrogen) atoms. The molecular weight excluding hydrogens is 529 g/mol. The van der Waals surface area contributed by atoms with Gasteiger partial charge in [0, 0.05) is 16.6 Å². The molecular formula is C39H42N2S. The normalized spacial score (nSPS) is 16.8. The van der Waals surface area contributed by atoms with E-state index in [1.807, 2.05) is 0 Å². The van der Waals surface area contributed by atoms with Crippen molar-refractivity contribution in [3.8, 4) is 11.3 Å². The third-order valence-electron chi connectivity index (χ3n) is 9.87. The van der Waals surface area contributed by atoms with E-state index in [2.05, 4.69) is 104 Å². The second kappa shape index (κ2) is 11.7. The summed E-state index contributed by atoms with van der Waals surface area (Å²) in [6, 6.07) is 27.1. The van der Waals surface area contributed by atoms with Crippen LogP contribution in [0.25, 0.3) is 22.0 Å². The number of nitrogens with zero attached hydrogens (tertiary/aromatic N) is 1. The number of nitrogens with one attached hydrogen (secondary N) is 1. The van der Waals surface area contributed by atoms with Gasteiger partial charge in [-0.25, -0.2) is 4.98 Å². The van der Waals surface area contributed by atoms with E-state index in [4.69, 9.17) is 4.98 Å². The molecule has 214 valence electrons. The lowest BCUT2D eigenvalue weighted by Gasteiger charge is -2.29. The van der Waals surface area contributed by atoms with Crippen LogP contribution in [-0.2, 0) is 0 Å². The van der Waals surface area contributed by atoms with E-state index in [0.29, 0.717) is 11.8 Å². The Hall–Kier alpha value is -3.43. The van der Waals surface area contributed by atoms with Crippen LogP contribution in [0.1, 0.15) is 108 Å². The lowest BCUT2D eigenvalue weighted by atomic mass is 9.87. The molecule has 2 saturated carbocycles. The lowest BCUT2D eigenvalue weighted by Crippen LogP contribution is -2.18. The summed E-state index contributed by atoms with van der Waals surface area (Å²) in [5.74, 6) is 1.30. The van der Waals surface area contributed by atoms with E-state index >= 15 is 0 Å². The van der Waals surface area contributed by atoms with Crippen LogP contribution in [0.15, 0.2) is 78.2 Å². The third-order valence-corrected chi connectivity index (χ3v) is 10.8. The van der Waals surface area contributed by atoms with Gasteiger partial charge in [0.05, 0.1) is 5.69 Å². The Bertz CT molecular complexity index is 1660. The minimum absolute atomic E-state index is 0.00188. The molecule has 2 nitrogen and oxygen atoms in total. The first-order valence-electron chi connectivity index (χ1n) is 16.0. The molecule has 2 fully saturated rings. The third kappa shape index (κ3) is 5.17. The van der Waals surface area contributed by atoms with Crippen molar-refractivity contribution in [1.82, 2.24) is 4.98 Å². The molecule has 7 rings (SSSR count). The molecule has 0 bridgehead atoms. The van der Waals surface area contributed by atoms with E-state index in [0.717, 1.165) is 10.7 Å². The maximum absolute atomic E-state index is 5.42. The fourth-order valence-corrected chi connectivity index (χ4v) is 8.83. The maximum atomic E-state index is 5.42. The molecule has 2 aliphatic carbocycles. The van der Waals surface area contributed by atoms with Gasteiger partial charge in [0.15, 0.2) is 0 Å². The number of aryl methyl sites for hydroxylation is 3. The molecule has 1 N–H and O–H groups in total. The van der Waals surface area contributed by atoms with Crippen LogP contribution in [0.5, 0.6) is 0 Å². The summed E-state index contributed by atoms with van der Waals surface area (Å²) in [6.07, 6.45) is 10.6. The predicted molar refractivity (Wildman–Crippen MR) is 180 cm³/mol. The topological polar surface area (TPSA) is 24.9 Å². The molecule has 1 heterocycles. The van der Waals surface area contributed by atoms with Crippen LogP contribution in [0, 0.1) is 20.8 Å². The van der Waals surface area contributed by atoms with Gasteiger partial charge in [0.2, 0.25) is 0 Å². The van der Waals surface area contributed by atoms with Gasteiger partial charge in [-0.05, 0) is 96.9 Å². The van der Waals surface area contributed by atoms with E-state index in [9.17, 15) is 0 Å². The zero-order valence-corrected chi connectivity index (χ0v) is 26.1. The highest BCUT2D eigenvalue weighted by Gasteiger charge is 2.30. The smallest absolute Gasteiger partial charge is 0.120 e. The highest BCUT2D eigenvalue weighted by molar-refractivity contribution is 7.10. The van der Waals surface area contributed by atoms with Gasteiger partial charge in [0.1, 0.15) is 11.0 Å². The molecule has 0 radical (unpaired) electrons. The van der Waals surface area contributed by atoms with Crippen LogP contribution >= 0.6 is 11.3 Å². The highest BCUT2D eigenvalue weighted by atomic mass is 32.1. The molecule has 0 aliphatic heterocycles. The molecule has 1 aromatic heterocycles. The zero-order chi connectivity index (χ0) is 28.6. The fourth-order valence-electron chi connectivity index (χ4n) is 7.95. The maximum Gasteiger partial charge on any atom is 0.120 e. The summed E-state index contributed by atoms with van der Waals surface area (Å²) < 4.78 is 0. The SMILES string of the molecule is Cc1cc(C)c(C(Nc2c(C3CCCC3)cccc2C2CCCC2)c2nc(-c3cccc4ccccc34)cs2)c(C)c1. The summed E-state index contributed by atoms with van der Waals surface area (Å²) in [7, 11) is 0. The summed E-state index contributed by atoms with van der Waals surface area (Å²) in [5.41, 5.74) is 12.1. The molecule has 5 aromatic rings. The Morgan fingerprint density at radius 2 is 1.33 bits per heavy atom. The van der Waals surface area contributed by atoms with Crippen LogP contribution in [0.4, 0.5) is 5.69 Å². The van der Waals surface area contributed by atoms with Crippen molar-refractivity contribution in [2.45, 2.75) is 90.0 Å². The average Bonchev–Trinajstić information content (AvgIpc) is 3.79. The van der Waals surface area contributed by atoms with Crippen LogP contribution in [0.3, 0.4) is 0 Å². The number of benzene rings is 4. The second-order valence-electron chi connectivity index (χ2n) is 12.8. The second-order valence-corrected chi connectivity index (χ2v) is 13.7. The number of rotatable bonds is 7. The van der Waals surface area contributed by atoms with E-state index in [1.165, 1.54) is 107 Å². The van der Waals surface area contributed by atoms with Crippen LogP contribution < -0.4 is 5.32 Å². The van der Waals surface area contributed by atoms with Crippen LogP contribution in [-0.4, -0.2) is 4.98 Å². The molecule has 1 unspecified atom stereocenters. The number of hydrogen-bond donors (Lipinski definition) is 1. The summed E-state index contributed by atoms with van der Waals surface area (Å²) in [6.45, 7) is 6.77. The molecule has 0 spiro atoms. The highest BCUT2D eigenvalue weighted by Crippen LogP contribution is 2.46. The molecule has 0 saturated heterocycles. The number of aromatic nitrogens is 1. The summed E-state index contributed by atoms with van der Waals surface area (Å²) in [5, 5.41) is 10.2.